The summed E-state index contributed by atoms with van der Waals surface area (Å²) >= 11 is 0. The van der Waals surface area contributed by atoms with E-state index < -0.39 is 11.3 Å². The number of hydrogen-bond acceptors (Lipinski definition) is 6. The number of piperidine rings is 1. The van der Waals surface area contributed by atoms with Gasteiger partial charge in [-0.2, -0.15) is 5.10 Å². The Labute approximate surface area is 187 Å². The lowest BCUT2D eigenvalue weighted by atomic mass is 9.95. The number of amides is 3. The van der Waals surface area contributed by atoms with Gasteiger partial charge in [-0.05, 0) is 19.8 Å². The lowest BCUT2D eigenvalue weighted by molar-refractivity contribution is -0.181. The molecule has 1 aromatic rings. The highest BCUT2D eigenvalue weighted by Gasteiger charge is 2.47. The van der Waals surface area contributed by atoms with Gasteiger partial charge in [0.25, 0.3) is 11.8 Å². The van der Waals surface area contributed by atoms with Crippen molar-refractivity contribution in [1.82, 2.24) is 24.9 Å². The molecule has 0 aromatic carbocycles. The van der Waals surface area contributed by atoms with E-state index >= 15 is 0 Å². The predicted molar refractivity (Wildman–Crippen MR) is 113 cm³/mol. The van der Waals surface area contributed by atoms with E-state index in [1.807, 2.05) is 0 Å². The second-order valence-corrected chi connectivity index (χ2v) is 9.57. The molecule has 1 N–H and O–H groups in total. The van der Waals surface area contributed by atoms with Crippen LogP contribution in [0.4, 0.5) is 0 Å². The van der Waals surface area contributed by atoms with Gasteiger partial charge < -0.3 is 24.6 Å². The summed E-state index contributed by atoms with van der Waals surface area (Å²) < 4.78 is 13.0. The van der Waals surface area contributed by atoms with Gasteiger partial charge in [-0.1, -0.05) is 12.8 Å². The first-order chi connectivity index (χ1) is 15.3. The third kappa shape index (κ3) is 3.49. The number of carbonyl (C=O) groups is 3. The van der Waals surface area contributed by atoms with E-state index in [9.17, 15) is 14.4 Å². The molecule has 1 unspecified atom stereocenters. The quantitative estimate of drug-likeness (QED) is 0.737. The molecular formula is C22H31N5O5. The molecule has 3 aliphatic heterocycles. The van der Waals surface area contributed by atoms with Crippen molar-refractivity contribution in [2.75, 3.05) is 33.4 Å². The summed E-state index contributed by atoms with van der Waals surface area (Å²) in [4.78, 5) is 42.5. The van der Waals surface area contributed by atoms with Crippen LogP contribution in [0.25, 0.3) is 0 Å². The third-order valence-electron chi connectivity index (χ3n) is 7.53. The molecule has 0 bridgehead atoms. The molecule has 1 aromatic heterocycles. The van der Waals surface area contributed by atoms with Gasteiger partial charge in [0.2, 0.25) is 5.91 Å². The molecule has 1 saturated carbocycles. The number of carbonyl (C=O) groups excluding carboxylic acids is 3. The maximum Gasteiger partial charge on any atom is 0.274 e. The number of aromatic nitrogens is 2. The van der Waals surface area contributed by atoms with Crippen molar-refractivity contribution in [3.63, 3.8) is 0 Å². The summed E-state index contributed by atoms with van der Waals surface area (Å²) in [6.45, 7) is 4.16. The Morgan fingerprint density at radius 1 is 1.16 bits per heavy atom. The van der Waals surface area contributed by atoms with Crippen molar-refractivity contribution < 1.29 is 23.9 Å². The van der Waals surface area contributed by atoms with Gasteiger partial charge in [0.1, 0.15) is 11.2 Å². The van der Waals surface area contributed by atoms with Crippen molar-refractivity contribution in [3.05, 3.63) is 17.5 Å². The molecule has 5 rings (SSSR count). The molecule has 10 heteroatoms. The highest BCUT2D eigenvalue weighted by molar-refractivity contribution is 6.01. The maximum atomic E-state index is 13.1. The number of hydrogen-bond donors (Lipinski definition) is 1. The van der Waals surface area contributed by atoms with E-state index in [1.165, 1.54) is 9.58 Å². The predicted octanol–water partition coefficient (Wildman–Crippen LogP) is 0.765. The molecule has 4 aliphatic rings. The second kappa shape index (κ2) is 7.84. The van der Waals surface area contributed by atoms with E-state index in [0.717, 1.165) is 25.7 Å². The van der Waals surface area contributed by atoms with Gasteiger partial charge in [-0.15, -0.1) is 0 Å². The minimum Gasteiger partial charge on any atom is -0.351 e. The van der Waals surface area contributed by atoms with Crippen LogP contribution in [0.5, 0.6) is 0 Å². The Balaban J connectivity index is 1.31. The molecule has 3 amide bonds. The summed E-state index contributed by atoms with van der Waals surface area (Å²) in [5, 5.41) is 7.55. The Kier molecular flexibility index (Phi) is 5.24. The minimum atomic E-state index is -1.06. The fraction of sp³-hybridized carbons (Fsp3) is 0.727. The minimum absolute atomic E-state index is 0.161. The number of likely N-dealkylation sites (tertiary alicyclic amines) is 1. The highest BCUT2D eigenvalue weighted by atomic mass is 16.7. The van der Waals surface area contributed by atoms with Gasteiger partial charge in [0.15, 0.2) is 11.5 Å². The summed E-state index contributed by atoms with van der Waals surface area (Å²) in [7, 11) is 1.64. The number of likely N-dealkylation sites (N-methyl/N-ethyl adjacent to an activating group) is 1. The van der Waals surface area contributed by atoms with Crippen molar-refractivity contribution in [2.24, 2.45) is 0 Å². The molecule has 32 heavy (non-hydrogen) atoms. The molecule has 1 atom stereocenters. The first-order valence-corrected chi connectivity index (χ1v) is 11.6. The third-order valence-corrected chi connectivity index (χ3v) is 7.53. The molecule has 4 heterocycles. The molecular weight excluding hydrogens is 414 g/mol. The monoisotopic (exact) mass is 445 g/mol. The molecule has 0 radical (unpaired) electrons. The number of fused-ring (bicyclic) bond motifs is 1. The number of nitrogens with one attached hydrogen (secondary N) is 1. The van der Waals surface area contributed by atoms with E-state index in [4.69, 9.17) is 9.47 Å². The molecule has 1 spiro atoms. The topological polar surface area (TPSA) is 106 Å². The van der Waals surface area contributed by atoms with Crippen molar-refractivity contribution in [3.8, 4) is 0 Å². The lowest BCUT2D eigenvalue weighted by Gasteiger charge is -2.41. The standard InChI is InChI=1S/C22H31N5O5/c1-21(20(30)23-15-5-3-4-6-15)14-27-17(19(29)25(21)2)13-16(24-27)18(28)26-9-7-22(8-10-26)31-11-12-32-22/h13,15H,3-12,14H2,1-2H3,(H,23,30). The zero-order chi connectivity index (χ0) is 22.5. The Hall–Kier alpha value is -2.46. The number of nitrogens with zero attached hydrogens (tertiary/aromatic N) is 4. The summed E-state index contributed by atoms with van der Waals surface area (Å²) in [5.74, 6) is -1.26. The van der Waals surface area contributed by atoms with E-state index in [-0.39, 0.29) is 36.0 Å². The summed E-state index contributed by atoms with van der Waals surface area (Å²) in [6, 6.07) is 1.71. The summed E-state index contributed by atoms with van der Waals surface area (Å²) in [6.07, 6.45) is 5.40. The largest absolute Gasteiger partial charge is 0.351 e. The molecule has 2 saturated heterocycles. The fourth-order valence-electron chi connectivity index (χ4n) is 5.24. The lowest BCUT2D eigenvalue weighted by Crippen LogP contribution is -2.63. The van der Waals surface area contributed by atoms with Gasteiger partial charge >= 0.3 is 0 Å². The van der Waals surface area contributed by atoms with Gasteiger partial charge in [0, 0.05) is 45.1 Å². The molecule has 1 aliphatic carbocycles. The molecule has 10 nitrogen and oxygen atoms in total. The van der Waals surface area contributed by atoms with Gasteiger partial charge in [0.05, 0.1) is 19.8 Å². The second-order valence-electron chi connectivity index (χ2n) is 9.57. The van der Waals surface area contributed by atoms with Crippen molar-refractivity contribution >= 4 is 17.7 Å². The average Bonchev–Trinajstić information content (AvgIpc) is 3.54. The van der Waals surface area contributed by atoms with Crippen LogP contribution in [-0.2, 0) is 20.8 Å². The van der Waals surface area contributed by atoms with Crippen LogP contribution in [-0.4, -0.2) is 88.0 Å². The van der Waals surface area contributed by atoms with Crippen LogP contribution in [0, 0.1) is 0 Å². The maximum absolute atomic E-state index is 13.1. The van der Waals surface area contributed by atoms with Crippen LogP contribution in [0.3, 0.4) is 0 Å². The first kappa shape index (κ1) is 21.4. The van der Waals surface area contributed by atoms with Crippen LogP contribution in [0.1, 0.15) is 66.4 Å². The van der Waals surface area contributed by atoms with Crippen LogP contribution in [0.2, 0.25) is 0 Å². The Bertz CT molecular complexity index is 923. The van der Waals surface area contributed by atoms with Crippen LogP contribution < -0.4 is 5.32 Å². The number of ether oxygens (including phenoxy) is 2. The Morgan fingerprint density at radius 2 is 1.81 bits per heavy atom. The van der Waals surface area contributed by atoms with Gasteiger partial charge in [-0.3, -0.25) is 19.1 Å². The van der Waals surface area contributed by atoms with Crippen LogP contribution >= 0.6 is 0 Å². The van der Waals surface area contributed by atoms with E-state index in [2.05, 4.69) is 10.4 Å². The molecule has 174 valence electrons. The van der Waals surface area contributed by atoms with E-state index in [1.54, 1.807) is 24.9 Å². The Morgan fingerprint density at radius 3 is 2.47 bits per heavy atom. The summed E-state index contributed by atoms with van der Waals surface area (Å²) in [5.41, 5.74) is -0.502. The zero-order valence-corrected chi connectivity index (χ0v) is 18.8. The van der Waals surface area contributed by atoms with Crippen molar-refractivity contribution in [2.45, 2.75) is 69.4 Å². The SMILES string of the molecule is CN1C(=O)c2cc(C(=O)N3CCC4(CC3)OCCO4)nn2CC1(C)C(=O)NC1CCCC1. The van der Waals surface area contributed by atoms with Crippen LogP contribution in [0.15, 0.2) is 6.07 Å². The smallest absolute Gasteiger partial charge is 0.274 e. The zero-order valence-electron chi connectivity index (χ0n) is 18.8. The van der Waals surface area contributed by atoms with Crippen molar-refractivity contribution in [1.29, 1.82) is 0 Å². The number of rotatable bonds is 3. The van der Waals surface area contributed by atoms with Gasteiger partial charge in [-0.25, -0.2) is 0 Å². The first-order valence-electron chi connectivity index (χ1n) is 11.6. The normalized spacial score (nSPS) is 27.8. The highest BCUT2D eigenvalue weighted by Crippen LogP contribution is 2.32. The fourth-order valence-corrected chi connectivity index (χ4v) is 5.24. The van der Waals surface area contributed by atoms with E-state index in [0.29, 0.717) is 44.8 Å². The molecule has 3 fully saturated rings. The average molecular weight is 446 g/mol.